The first-order valence-corrected chi connectivity index (χ1v) is 11.4. The fourth-order valence-corrected chi connectivity index (χ4v) is 3.67. The van der Waals surface area contributed by atoms with Gasteiger partial charge in [0.25, 0.3) is 11.8 Å². The molecule has 0 atom stereocenters. The molecule has 0 radical (unpaired) electrons. The van der Waals surface area contributed by atoms with Gasteiger partial charge in [-0.2, -0.15) is 0 Å². The van der Waals surface area contributed by atoms with Crippen LogP contribution in [0.1, 0.15) is 41.5 Å². The minimum Gasteiger partial charge on any atom is -0.490 e. The van der Waals surface area contributed by atoms with Crippen LogP contribution in [0.4, 0.5) is 5.69 Å². The summed E-state index contributed by atoms with van der Waals surface area (Å²) in [6, 6.07) is 10.4. The van der Waals surface area contributed by atoms with E-state index >= 15 is 0 Å². The number of piperazine rings is 1. The standard InChI is InChI=1S/C25H33N3O5/c1-5-31-21-16-18(17-22(32-6-2)23(21)33-7-3)24(29)26-20-11-9-8-10-19(20)25(30)28-14-12-27(4)13-15-28/h8-11,16-17H,5-7,12-15H2,1-4H3,(H,26,29). The fourth-order valence-electron chi connectivity index (χ4n) is 3.67. The first-order valence-electron chi connectivity index (χ1n) is 11.4. The molecule has 1 saturated heterocycles. The molecule has 178 valence electrons. The van der Waals surface area contributed by atoms with Gasteiger partial charge in [0.05, 0.1) is 31.1 Å². The van der Waals surface area contributed by atoms with Crippen LogP contribution in [0.15, 0.2) is 36.4 Å². The molecule has 0 aliphatic carbocycles. The number of carbonyl (C=O) groups excluding carboxylic acids is 2. The van der Waals surface area contributed by atoms with Crippen LogP contribution in [0.2, 0.25) is 0 Å². The van der Waals surface area contributed by atoms with Crippen molar-refractivity contribution in [2.24, 2.45) is 0 Å². The zero-order valence-electron chi connectivity index (χ0n) is 19.8. The van der Waals surface area contributed by atoms with E-state index in [1.165, 1.54) is 0 Å². The molecule has 0 bridgehead atoms. The average molecular weight is 456 g/mol. The Morgan fingerprint density at radius 1 is 0.879 bits per heavy atom. The van der Waals surface area contributed by atoms with Gasteiger partial charge in [-0.05, 0) is 52.1 Å². The number of anilines is 1. The predicted molar refractivity (Wildman–Crippen MR) is 128 cm³/mol. The maximum atomic E-state index is 13.2. The second-order valence-electron chi connectivity index (χ2n) is 7.70. The molecule has 2 amide bonds. The van der Waals surface area contributed by atoms with Gasteiger partial charge in [0.2, 0.25) is 5.75 Å². The molecule has 33 heavy (non-hydrogen) atoms. The third-order valence-corrected chi connectivity index (χ3v) is 5.37. The number of amides is 2. The van der Waals surface area contributed by atoms with Crippen LogP contribution in [0.3, 0.4) is 0 Å². The number of ether oxygens (including phenoxy) is 3. The Hall–Kier alpha value is -3.26. The quantitative estimate of drug-likeness (QED) is 0.623. The zero-order valence-corrected chi connectivity index (χ0v) is 19.8. The minimum absolute atomic E-state index is 0.0873. The highest BCUT2D eigenvalue weighted by molar-refractivity contribution is 6.09. The van der Waals surface area contributed by atoms with Crippen molar-refractivity contribution in [1.82, 2.24) is 9.80 Å². The molecule has 0 saturated carbocycles. The highest BCUT2D eigenvalue weighted by atomic mass is 16.5. The zero-order chi connectivity index (χ0) is 23.8. The summed E-state index contributed by atoms with van der Waals surface area (Å²) < 4.78 is 17.2. The van der Waals surface area contributed by atoms with E-state index in [1.54, 1.807) is 36.4 Å². The Kier molecular flexibility index (Phi) is 8.54. The number of carbonyl (C=O) groups is 2. The van der Waals surface area contributed by atoms with Gasteiger partial charge in [-0.25, -0.2) is 0 Å². The number of rotatable bonds is 9. The van der Waals surface area contributed by atoms with Gasteiger partial charge in [-0.1, -0.05) is 12.1 Å². The summed E-state index contributed by atoms with van der Waals surface area (Å²) in [5.74, 6) is 0.909. The van der Waals surface area contributed by atoms with Crippen LogP contribution in [-0.2, 0) is 0 Å². The van der Waals surface area contributed by atoms with Gasteiger partial charge in [0, 0.05) is 31.7 Å². The number of para-hydroxylation sites is 1. The second-order valence-corrected chi connectivity index (χ2v) is 7.70. The van der Waals surface area contributed by atoms with E-state index in [0.29, 0.717) is 67.0 Å². The molecule has 8 nitrogen and oxygen atoms in total. The molecule has 2 aromatic rings. The molecule has 3 rings (SSSR count). The largest absolute Gasteiger partial charge is 0.490 e. The maximum absolute atomic E-state index is 13.2. The Labute approximate surface area is 195 Å². The molecule has 1 aliphatic heterocycles. The van der Waals surface area contributed by atoms with E-state index < -0.39 is 0 Å². The Bertz CT molecular complexity index is 943. The van der Waals surface area contributed by atoms with E-state index in [0.717, 1.165) is 13.1 Å². The van der Waals surface area contributed by atoms with Gasteiger partial charge < -0.3 is 29.3 Å². The fraction of sp³-hybridized carbons (Fsp3) is 0.440. The van der Waals surface area contributed by atoms with E-state index in [9.17, 15) is 9.59 Å². The van der Waals surface area contributed by atoms with Gasteiger partial charge in [-0.15, -0.1) is 0 Å². The molecular weight excluding hydrogens is 422 g/mol. The van der Waals surface area contributed by atoms with Crippen molar-refractivity contribution in [2.75, 3.05) is 58.4 Å². The van der Waals surface area contributed by atoms with Crippen LogP contribution in [0, 0.1) is 0 Å². The molecule has 1 fully saturated rings. The van der Waals surface area contributed by atoms with Gasteiger partial charge in [0.1, 0.15) is 0 Å². The lowest BCUT2D eigenvalue weighted by molar-refractivity contribution is 0.0665. The molecule has 1 aliphatic rings. The highest BCUT2D eigenvalue weighted by Crippen LogP contribution is 2.39. The van der Waals surface area contributed by atoms with E-state index in [-0.39, 0.29) is 11.8 Å². The van der Waals surface area contributed by atoms with Crippen LogP contribution < -0.4 is 19.5 Å². The summed E-state index contributed by atoms with van der Waals surface area (Å²) >= 11 is 0. The number of hydrogen-bond acceptors (Lipinski definition) is 6. The summed E-state index contributed by atoms with van der Waals surface area (Å²) in [6.07, 6.45) is 0. The van der Waals surface area contributed by atoms with Crippen LogP contribution in [-0.4, -0.2) is 74.7 Å². The van der Waals surface area contributed by atoms with E-state index in [4.69, 9.17) is 14.2 Å². The first kappa shape index (κ1) is 24.4. The molecule has 0 unspecified atom stereocenters. The molecular formula is C25H33N3O5. The van der Waals surface area contributed by atoms with Crippen molar-refractivity contribution in [2.45, 2.75) is 20.8 Å². The number of nitrogens with one attached hydrogen (secondary N) is 1. The Balaban J connectivity index is 1.87. The van der Waals surface area contributed by atoms with Crippen molar-refractivity contribution in [3.05, 3.63) is 47.5 Å². The topological polar surface area (TPSA) is 80.3 Å². The second kappa shape index (κ2) is 11.6. The third kappa shape index (κ3) is 5.96. The van der Waals surface area contributed by atoms with Crippen molar-refractivity contribution >= 4 is 17.5 Å². The number of benzene rings is 2. The smallest absolute Gasteiger partial charge is 0.256 e. The Morgan fingerprint density at radius 3 is 2.03 bits per heavy atom. The molecule has 0 aromatic heterocycles. The third-order valence-electron chi connectivity index (χ3n) is 5.37. The summed E-state index contributed by atoms with van der Waals surface area (Å²) in [5.41, 5.74) is 1.29. The number of nitrogens with zero attached hydrogens (tertiary/aromatic N) is 2. The van der Waals surface area contributed by atoms with E-state index in [1.807, 2.05) is 32.7 Å². The number of likely N-dealkylation sites (N-methyl/N-ethyl adjacent to an activating group) is 1. The maximum Gasteiger partial charge on any atom is 0.256 e. The van der Waals surface area contributed by atoms with Gasteiger partial charge in [0.15, 0.2) is 11.5 Å². The van der Waals surface area contributed by atoms with Crippen molar-refractivity contribution in [1.29, 1.82) is 0 Å². The van der Waals surface area contributed by atoms with Gasteiger partial charge in [-0.3, -0.25) is 9.59 Å². The number of hydrogen-bond donors (Lipinski definition) is 1. The lowest BCUT2D eigenvalue weighted by Gasteiger charge is -2.32. The van der Waals surface area contributed by atoms with Crippen molar-refractivity contribution < 1.29 is 23.8 Å². The predicted octanol–water partition coefficient (Wildman–Crippen LogP) is 3.52. The lowest BCUT2D eigenvalue weighted by atomic mass is 10.1. The summed E-state index contributed by atoms with van der Waals surface area (Å²) in [5, 5.41) is 2.90. The Morgan fingerprint density at radius 2 is 1.45 bits per heavy atom. The monoisotopic (exact) mass is 455 g/mol. The minimum atomic E-state index is -0.362. The summed E-state index contributed by atoms with van der Waals surface area (Å²) in [7, 11) is 2.04. The van der Waals surface area contributed by atoms with Crippen LogP contribution in [0.5, 0.6) is 17.2 Å². The van der Waals surface area contributed by atoms with Crippen LogP contribution in [0.25, 0.3) is 0 Å². The highest BCUT2D eigenvalue weighted by Gasteiger charge is 2.24. The summed E-state index contributed by atoms with van der Waals surface area (Å²) in [6.45, 7) is 9.84. The molecule has 8 heteroatoms. The molecule has 1 N–H and O–H groups in total. The van der Waals surface area contributed by atoms with Crippen molar-refractivity contribution in [3.63, 3.8) is 0 Å². The summed E-state index contributed by atoms with van der Waals surface area (Å²) in [4.78, 5) is 30.3. The van der Waals surface area contributed by atoms with E-state index in [2.05, 4.69) is 10.2 Å². The molecule has 0 spiro atoms. The molecule has 1 heterocycles. The molecule has 2 aromatic carbocycles. The normalized spacial score (nSPS) is 14.0. The first-order chi connectivity index (χ1) is 16.0. The SMILES string of the molecule is CCOc1cc(C(=O)Nc2ccccc2C(=O)N2CCN(C)CC2)cc(OCC)c1OCC. The average Bonchev–Trinajstić information content (AvgIpc) is 2.81. The lowest BCUT2D eigenvalue weighted by Crippen LogP contribution is -2.47. The van der Waals surface area contributed by atoms with Crippen LogP contribution >= 0.6 is 0 Å². The van der Waals surface area contributed by atoms with Gasteiger partial charge >= 0.3 is 0 Å². The van der Waals surface area contributed by atoms with Crippen molar-refractivity contribution in [3.8, 4) is 17.2 Å².